The average molecular weight is 395 g/mol. The fraction of sp³-hybridized carbons (Fsp3) is 0.458. The maximum absolute atomic E-state index is 10.5. The van der Waals surface area contributed by atoms with Crippen LogP contribution in [0.25, 0.3) is 0 Å². The van der Waals surface area contributed by atoms with Crippen molar-refractivity contribution in [2.24, 2.45) is 4.99 Å². The van der Waals surface area contributed by atoms with E-state index in [0.717, 1.165) is 51.4 Å². The molecule has 0 bridgehead atoms. The van der Waals surface area contributed by atoms with Gasteiger partial charge in [0.05, 0.1) is 12.6 Å². The van der Waals surface area contributed by atoms with Crippen LogP contribution in [-0.2, 0) is 19.4 Å². The lowest BCUT2D eigenvalue weighted by atomic mass is 10.00. The summed E-state index contributed by atoms with van der Waals surface area (Å²) in [5.41, 5.74) is 4.17. The molecule has 0 aromatic heterocycles. The van der Waals surface area contributed by atoms with Gasteiger partial charge in [-0.05, 0) is 42.9 Å². The van der Waals surface area contributed by atoms with E-state index in [1.807, 2.05) is 6.07 Å². The summed E-state index contributed by atoms with van der Waals surface area (Å²) in [7, 11) is 0. The summed E-state index contributed by atoms with van der Waals surface area (Å²) in [5.74, 6) is 0.781. The lowest BCUT2D eigenvalue weighted by Gasteiger charge is -2.30. The Bertz CT molecular complexity index is 762. The number of nitrogens with one attached hydrogen (secondary N) is 2. The summed E-state index contributed by atoms with van der Waals surface area (Å²) in [6.45, 7) is 6.70. The van der Waals surface area contributed by atoms with Gasteiger partial charge in [0, 0.05) is 32.7 Å². The Labute approximate surface area is 174 Å². The largest absolute Gasteiger partial charge is 0.390 e. The molecule has 2 aromatic carbocycles. The van der Waals surface area contributed by atoms with E-state index in [1.165, 1.54) is 16.7 Å². The Hall–Kier alpha value is -2.37. The molecular weight excluding hydrogens is 360 g/mol. The summed E-state index contributed by atoms with van der Waals surface area (Å²) in [5, 5.41) is 17.1. The predicted octanol–water partition coefficient (Wildman–Crippen LogP) is 2.59. The maximum atomic E-state index is 10.5. The van der Waals surface area contributed by atoms with Crippen LogP contribution in [0.5, 0.6) is 0 Å². The van der Waals surface area contributed by atoms with E-state index in [1.54, 1.807) is 0 Å². The molecule has 3 N–H and O–H groups in total. The van der Waals surface area contributed by atoms with E-state index in [0.29, 0.717) is 13.1 Å². The molecule has 1 atom stereocenters. The number of aliphatic hydroxyl groups excluding tert-OH is 1. The second kappa shape index (κ2) is 11.6. The van der Waals surface area contributed by atoms with Crippen LogP contribution in [0.15, 0.2) is 59.6 Å². The summed E-state index contributed by atoms with van der Waals surface area (Å²) in [6, 6.07) is 19.1. The predicted molar refractivity (Wildman–Crippen MR) is 120 cm³/mol. The molecule has 3 rings (SSSR count). The van der Waals surface area contributed by atoms with E-state index in [2.05, 4.69) is 76.0 Å². The summed E-state index contributed by atoms with van der Waals surface area (Å²) < 4.78 is 0. The van der Waals surface area contributed by atoms with Crippen molar-refractivity contribution < 1.29 is 5.11 Å². The SMILES string of the molecule is CCNC(=NCC(O)CN1CCc2ccccc2C1)NCCCc1ccccc1. The van der Waals surface area contributed by atoms with Crippen molar-refractivity contribution in [1.82, 2.24) is 15.5 Å². The van der Waals surface area contributed by atoms with Gasteiger partial charge in [-0.25, -0.2) is 0 Å². The van der Waals surface area contributed by atoms with E-state index in [9.17, 15) is 5.11 Å². The van der Waals surface area contributed by atoms with Crippen LogP contribution in [0.4, 0.5) is 0 Å². The van der Waals surface area contributed by atoms with Crippen LogP contribution in [0.1, 0.15) is 30.0 Å². The molecule has 5 nitrogen and oxygen atoms in total. The van der Waals surface area contributed by atoms with Crippen LogP contribution in [0.2, 0.25) is 0 Å². The molecule has 0 spiro atoms. The minimum absolute atomic E-state index is 0.409. The molecule has 1 heterocycles. The zero-order chi connectivity index (χ0) is 20.3. The molecule has 0 saturated carbocycles. The first-order valence-corrected chi connectivity index (χ1v) is 10.8. The number of guanidine groups is 1. The molecule has 5 heteroatoms. The zero-order valence-corrected chi connectivity index (χ0v) is 17.5. The second-order valence-electron chi connectivity index (χ2n) is 7.64. The van der Waals surface area contributed by atoms with Crippen molar-refractivity contribution in [3.63, 3.8) is 0 Å². The van der Waals surface area contributed by atoms with Crippen molar-refractivity contribution >= 4 is 5.96 Å². The first-order chi connectivity index (χ1) is 14.2. The van der Waals surface area contributed by atoms with Gasteiger partial charge in [0.1, 0.15) is 0 Å². The van der Waals surface area contributed by atoms with Gasteiger partial charge in [-0.15, -0.1) is 0 Å². The highest BCUT2D eigenvalue weighted by Crippen LogP contribution is 2.18. The van der Waals surface area contributed by atoms with Gasteiger partial charge in [-0.3, -0.25) is 9.89 Å². The van der Waals surface area contributed by atoms with Crippen LogP contribution >= 0.6 is 0 Å². The van der Waals surface area contributed by atoms with E-state index >= 15 is 0 Å². The van der Waals surface area contributed by atoms with Gasteiger partial charge >= 0.3 is 0 Å². The number of benzene rings is 2. The molecular formula is C24H34N4O. The summed E-state index contributed by atoms with van der Waals surface area (Å²) in [4.78, 5) is 6.91. The normalized spacial score (nSPS) is 15.6. The molecule has 0 fully saturated rings. The first kappa shape index (κ1) is 21.3. The molecule has 0 aliphatic carbocycles. The van der Waals surface area contributed by atoms with Gasteiger partial charge in [0.25, 0.3) is 0 Å². The Kier molecular flexibility index (Phi) is 8.53. The molecule has 0 radical (unpaired) electrons. The fourth-order valence-corrected chi connectivity index (χ4v) is 3.75. The van der Waals surface area contributed by atoms with Crippen LogP contribution in [-0.4, -0.2) is 54.8 Å². The maximum Gasteiger partial charge on any atom is 0.191 e. The number of hydrogen-bond acceptors (Lipinski definition) is 3. The molecule has 2 aromatic rings. The van der Waals surface area contributed by atoms with Crippen LogP contribution in [0, 0.1) is 0 Å². The number of hydrogen-bond donors (Lipinski definition) is 3. The number of rotatable bonds is 9. The number of fused-ring (bicyclic) bond motifs is 1. The Morgan fingerprint density at radius 1 is 1.07 bits per heavy atom. The molecule has 156 valence electrons. The molecule has 1 aliphatic heterocycles. The highest BCUT2D eigenvalue weighted by molar-refractivity contribution is 5.79. The van der Waals surface area contributed by atoms with E-state index in [-0.39, 0.29) is 0 Å². The Morgan fingerprint density at radius 3 is 2.62 bits per heavy atom. The minimum atomic E-state index is -0.458. The molecule has 29 heavy (non-hydrogen) atoms. The monoisotopic (exact) mass is 394 g/mol. The highest BCUT2D eigenvalue weighted by Gasteiger charge is 2.18. The van der Waals surface area contributed by atoms with Crippen LogP contribution < -0.4 is 10.6 Å². The molecule has 1 unspecified atom stereocenters. The number of aryl methyl sites for hydroxylation is 1. The molecule has 1 aliphatic rings. The van der Waals surface area contributed by atoms with Gasteiger partial charge in [-0.2, -0.15) is 0 Å². The standard InChI is InChI=1S/C24H34N4O/c1-2-25-24(26-15-8-11-20-9-4-3-5-10-20)27-17-23(29)19-28-16-14-21-12-6-7-13-22(21)18-28/h3-7,9-10,12-13,23,29H,2,8,11,14-19H2,1H3,(H2,25,26,27). The third-order valence-corrected chi connectivity index (χ3v) is 5.26. The van der Waals surface area contributed by atoms with Gasteiger partial charge < -0.3 is 15.7 Å². The lowest BCUT2D eigenvalue weighted by molar-refractivity contribution is 0.111. The van der Waals surface area contributed by atoms with Crippen LogP contribution in [0.3, 0.4) is 0 Å². The number of nitrogens with zero attached hydrogens (tertiary/aromatic N) is 2. The number of aliphatic imine (C=N–C) groups is 1. The van der Waals surface area contributed by atoms with Crippen molar-refractivity contribution in [2.45, 2.75) is 38.8 Å². The topological polar surface area (TPSA) is 59.9 Å². The van der Waals surface area contributed by atoms with E-state index < -0.39 is 6.10 Å². The van der Waals surface area contributed by atoms with Gasteiger partial charge in [-0.1, -0.05) is 54.6 Å². The summed E-state index contributed by atoms with van der Waals surface area (Å²) >= 11 is 0. The number of aliphatic hydroxyl groups is 1. The minimum Gasteiger partial charge on any atom is -0.390 e. The van der Waals surface area contributed by atoms with Crippen molar-refractivity contribution in [3.8, 4) is 0 Å². The van der Waals surface area contributed by atoms with Crippen molar-refractivity contribution in [1.29, 1.82) is 0 Å². The first-order valence-electron chi connectivity index (χ1n) is 10.8. The lowest BCUT2D eigenvalue weighted by Crippen LogP contribution is -2.40. The molecule has 0 saturated heterocycles. The smallest absolute Gasteiger partial charge is 0.191 e. The third-order valence-electron chi connectivity index (χ3n) is 5.26. The fourth-order valence-electron chi connectivity index (χ4n) is 3.75. The van der Waals surface area contributed by atoms with E-state index in [4.69, 9.17) is 0 Å². The zero-order valence-electron chi connectivity index (χ0n) is 17.5. The van der Waals surface area contributed by atoms with Gasteiger partial charge in [0.15, 0.2) is 5.96 Å². The van der Waals surface area contributed by atoms with Gasteiger partial charge in [0.2, 0.25) is 0 Å². The number of β-amino-alcohol motifs (C(OH)–C–C–N with tert-alkyl or cyclic N) is 1. The average Bonchev–Trinajstić information content (AvgIpc) is 2.75. The van der Waals surface area contributed by atoms with Crippen molar-refractivity contribution in [2.75, 3.05) is 32.7 Å². The third kappa shape index (κ3) is 7.18. The highest BCUT2D eigenvalue weighted by atomic mass is 16.3. The quantitative estimate of drug-likeness (QED) is 0.348. The summed E-state index contributed by atoms with van der Waals surface area (Å²) in [6.07, 6.45) is 2.69. The Balaban J connectivity index is 1.40. The second-order valence-corrected chi connectivity index (χ2v) is 7.64. The Morgan fingerprint density at radius 2 is 1.83 bits per heavy atom. The molecule has 0 amide bonds. The van der Waals surface area contributed by atoms with Crippen molar-refractivity contribution in [3.05, 3.63) is 71.3 Å².